The molecule has 1 aliphatic heterocycles. The predicted octanol–water partition coefficient (Wildman–Crippen LogP) is 4.22. The molecule has 1 aromatic carbocycles. The Hall–Kier alpha value is -2.69. The lowest BCUT2D eigenvalue weighted by Gasteiger charge is -2.34. The molecule has 11 heteroatoms. The quantitative estimate of drug-likeness (QED) is 0.177. The summed E-state index contributed by atoms with van der Waals surface area (Å²) in [4.78, 5) is 25.6. The van der Waals surface area contributed by atoms with Crippen molar-refractivity contribution in [3.05, 3.63) is 41.2 Å². The summed E-state index contributed by atoms with van der Waals surface area (Å²) in [7, 11) is 0. The Bertz CT molecular complexity index is 865. The van der Waals surface area contributed by atoms with Crippen LogP contribution < -0.4 is 4.74 Å². The molecule has 6 nitrogen and oxygen atoms in total. The van der Waals surface area contributed by atoms with Crippen LogP contribution in [0.2, 0.25) is 0 Å². The SMILES string of the molecule is CC(C)(C)OC(=O)N1[C@@H](/C=C/C(=O)Oc2c(F)c(F)c(F)c(F)c2F)COC1(C)C. The molecule has 0 N–H and O–H groups in total. The van der Waals surface area contributed by atoms with Crippen LogP contribution in [0.4, 0.5) is 26.7 Å². The van der Waals surface area contributed by atoms with Crippen LogP contribution in [-0.4, -0.2) is 40.9 Å². The highest BCUT2D eigenvalue weighted by atomic mass is 19.2. The first kappa shape index (κ1) is 23.6. The van der Waals surface area contributed by atoms with Crippen molar-refractivity contribution in [1.29, 1.82) is 0 Å². The van der Waals surface area contributed by atoms with Crippen LogP contribution in [0.1, 0.15) is 34.6 Å². The monoisotopic (exact) mass is 437 g/mol. The Kier molecular flexibility index (Phi) is 6.45. The van der Waals surface area contributed by atoms with Crippen LogP contribution in [0, 0.1) is 29.1 Å². The van der Waals surface area contributed by atoms with Crippen molar-refractivity contribution in [3.63, 3.8) is 0 Å². The number of rotatable bonds is 3. The molecule has 0 bridgehead atoms. The van der Waals surface area contributed by atoms with E-state index in [1.807, 2.05) is 0 Å². The fraction of sp³-hybridized carbons (Fsp3) is 0.474. The number of hydrogen-bond acceptors (Lipinski definition) is 5. The van der Waals surface area contributed by atoms with E-state index < -0.39 is 64.3 Å². The average molecular weight is 437 g/mol. The van der Waals surface area contributed by atoms with Crippen molar-refractivity contribution in [2.45, 2.75) is 52.0 Å². The van der Waals surface area contributed by atoms with Gasteiger partial charge in [-0.1, -0.05) is 6.08 Å². The minimum atomic E-state index is -2.38. The van der Waals surface area contributed by atoms with Crippen LogP contribution in [-0.2, 0) is 14.3 Å². The number of carbonyl (C=O) groups excluding carboxylic acids is 2. The van der Waals surface area contributed by atoms with Gasteiger partial charge in [0.25, 0.3) is 0 Å². The summed E-state index contributed by atoms with van der Waals surface area (Å²) in [6, 6.07) is -0.821. The van der Waals surface area contributed by atoms with Gasteiger partial charge in [-0.05, 0) is 34.6 Å². The van der Waals surface area contributed by atoms with Crippen molar-refractivity contribution in [1.82, 2.24) is 4.90 Å². The number of benzene rings is 1. The van der Waals surface area contributed by atoms with Gasteiger partial charge in [-0.2, -0.15) is 8.78 Å². The molecular weight excluding hydrogens is 417 g/mol. The number of amides is 1. The molecule has 0 aliphatic carbocycles. The second-order valence-electron chi connectivity index (χ2n) is 7.85. The van der Waals surface area contributed by atoms with Gasteiger partial charge in [0.05, 0.1) is 12.6 Å². The highest BCUT2D eigenvalue weighted by Gasteiger charge is 2.44. The standard InChI is InChI=1S/C19H20F5NO5/c1-18(2,3)30-17(27)25-9(8-28-19(25,4)5)6-7-10(26)29-16-14(23)12(21)11(20)13(22)15(16)24/h6-7,9H,8H2,1-5H3/b7-6+/t9-/m0/s1. The van der Waals surface area contributed by atoms with Crippen LogP contribution in [0.3, 0.4) is 0 Å². The lowest BCUT2D eigenvalue weighted by molar-refractivity contribution is -0.129. The fourth-order valence-electron chi connectivity index (χ4n) is 2.64. The first-order valence-electron chi connectivity index (χ1n) is 8.73. The minimum absolute atomic E-state index is 0.0431. The summed E-state index contributed by atoms with van der Waals surface area (Å²) in [5.41, 5.74) is -1.91. The number of ether oxygens (including phenoxy) is 3. The second kappa shape index (κ2) is 8.21. The van der Waals surface area contributed by atoms with Crippen LogP contribution in [0.5, 0.6) is 5.75 Å². The lowest BCUT2D eigenvalue weighted by atomic mass is 10.2. The summed E-state index contributed by atoms with van der Waals surface area (Å²) >= 11 is 0. The molecule has 1 amide bonds. The van der Waals surface area contributed by atoms with Crippen molar-refractivity contribution in [2.75, 3.05) is 6.61 Å². The van der Waals surface area contributed by atoms with E-state index >= 15 is 0 Å². The van der Waals surface area contributed by atoms with E-state index in [9.17, 15) is 31.5 Å². The largest absolute Gasteiger partial charge is 0.444 e. The zero-order chi connectivity index (χ0) is 23.0. The van der Waals surface area contributed by atoms with Gasteiger partial charge in [-0.15, -0.1) is 0 Å². The molecule has 0 radical (unpaired) electrons. The molecule has 166 valence electrons. The fourth-order valence-corrected chi connectivity index (χ4v) is 2.64. The molecule has 1 aromatic rings. The maximum absolute atomic E-state index is 13.6. The van der Waals surface area contributed by atoms with E-state index in [1.165, 1.54) is 4.90 Å². The second-order valence-corrected chi connectivity index (χ2v) is 7.85. The minimum Gasteiger partial charge on any atom is -0.444 e. The van der Waals surface area contributed by atoms with Crippen LogP contribution >= 0.6 is 0 Å². The predicted molar refractivity (Wildman–Crippen MR) is 92.9 cm³/mol. The number of halogens is 5. The Morgan fingerprint density at radius 3 is 2.03 bits per heavy atom. The van der Waals surface area contributed by atoms with Gasteiger partial charge in [0.1, 0.15) is 11.3 Å². The number of nitrogens with zero attached hydrogens (tertiary/aromatic N) is 1. The molecule has 2 rings (SSSR count). The van der Waals surface area contributed by atoms with Gasteiger partial charge >= 0.3 is 12.1 Å². The maximum Gasteiger partial charge on any atom is 0.413 e. The highest BCUT2D eigenvalue weighted by Crippen LogP contribution is 2.31. The smallest absolute Gasteiger partial charge is 0.413 e. The summed E-state index contributed by atoms with van der Waals surface area (Å²) in [6.45, 7) is 8.08. The Morgan fingerprint density at radius 1 is 1.03 bits per heavy atom. The first-order chi connectivity index (χ1) is 13.7. The Morgan fingerprint density at radius 2 is 1.53 bits per heavy atom. The Balaban J connectivity index is 2.21. The van der Waals surface area contributed by atoms with Gasteiger partial charge in [0, 0.05) is 6.08 Å². The van der Waals surface area contributed by atoms with Gasteiger partial charge in [0.15, 0.2) is 0 Å². The van der Waals surface area contributed by atoms with Gasteiger partial charge in [-0.3, -0.25) is 4.90 Å². The van der Waals surface area contributed by atoms with E-state index in [0.717, 1.165) is 6.08 Å². The molecule has 0 saturated carbocycles. The van der Waals surface area contributed by atoms with E-state index in [-0.39, 0.29) is 6.61 Å². The van der Waals surface area contributed by atoms with Crippen molar-refractivity contribution >= 4 is 12.1 Å². The maximum atomic E-state index is 13.6. The topological polar surface area (TPSA) is 65.1 Å². The van der Waals surface area contributed by atoms with Gasteiger partial charge < -0.3 is 14.2 Å². The van der Waals surface area contributed by atoms with Gasteiger partial charge in [0.2, 0.25) is 34.8 Å². The average Bonchev–Trinajstić information content (AvgIpc) is 2.93. The summed E-state index contributed by atoms with van der Waals surface area (Å²) in [5, 5.41) is 0. The van der Waals surface area contributed by atoms with Crippen molar-refractivity contribution < 1.29 is 45.8 Å². The van der Waals surface area contributed by atoms with E-state index in [2.05, 4.69) is 4.74 Å². The van der Waals surface area contributed by atoms with Crippen LogP contribution in [0.25, 0.3) is 0 Å². The number of esters is 1. The third-order valence-corrected chi connectivity index (χ3v) is 3.94. The molecule has 1 fully saturated rings. The summed E-state index contributed by atoms with van der Waals surface area (Å²) in [6.07, 6.45) is 1.07. The summed E-state index contributed by atoms with van der Waals surface area (Å²) in [5.74, 6) is -14.6. The third kappa shape index (κ3) is 4.89. The zero-order valence-electron chi connectivity index (χ0n) is 16.8. The highest BCUT2D eigenvalue weighted by molar-refractivity contribution is 5.84. The normalized spacial score (nSPS) is 18.7. The van der Waals surface area contributed by atoms with E-state index in [1.54, 1.807) is 34.6 Å². The lowest BCUT2D eigenvalue weighted by Crippen LogP contribution is -2.49. The Labute approximate surface area is 169 Å². The van der Waals surface area contributed by atoms with Crippen molar-refractivity contribution in [2.24, 2.45) is 0 Å². The molecule has 1 aliphatic rings. The number of carbonyl (C=O) groups is 2. The molecular formula is C19H20F5NO5. The molecule has 0 aromatic heterocycles. The first-order valence-corrected chi connectivity index (χ1v) is 8.73. The van der Waals surface area contributed by atoms with Crippen LogP contribution in [0.15, 0.2) is 12.2 Å². The van der Waals surface area contributed by atoms with E-state index in [0.29, 0.717) is 6.08 Å². The molecule has 1 saturated heterocycles. The van der Waals surface area contributed by atoms with Crippen molar-refractivity contribution in [3.8, 4) is 5.75 Å². The molecule has 0 spiro atoms. The third-order valence-electron chi connectivity index (χ3n) is 3.94. The van der Waals surface area contributed by atoms with Gasteiger partial charge in [-0.25, -0.2) is 22.8 Å². The number of hydrogen-bond donors (Lipinski definition) is 0. The van der Waals surface area contributed by atoms with E-state index in [4.69, 9.17) is 9.47 Å². The molecule has 1 heterocycles. The zero-order valence-corrected chi connectivity index (χ0v) is 16.8. The molecule has 0 unspecified atom stereocenters. The molecule has 1 atom stereocenters. The molecule has 30 heavy (non-hydrogen) atoms. The summed E-state index contributed by atoms with van der Waals surface area (Å²) < 4.78 is 81.8.